The first-order valence-corrected chi connectivity index (χ1v) is 6.50. The van der Waals surface area contributed by atoms with Crippen molar-refractivity contribution in [2.24, 2.45) is 0 Å². The molecule has 0 bridgehead atoms. The van der Waals surface area contributed by atoms with Crippen molar-refractivity contribution in [3.63, 3.8) is 0 Å². The van der Waals surface area contributed by atoms with Crippen molar-refractivity contribution < 1.29 is 4.74 Å². The van der Waals surface area contributed by atoms with Crippen molar-refractivity contribution in [1.29, 1.82) is 0 Å². The van der Waals surface area contributed by atoms with Crippen molar-refractivity contribution in [3.05, 3.63) is 23.4 Å². The van der Waals surface area contributed by atoms with Gasteiger partial charge in [0.1, 0.15) is 0 Å². The van der Waals surface area contributed by atoms with E-state index in [0.717, 1.165) is 18.0 Å². The van der Waals surface area contributed by atoms with Gasteiger partial charge >= 0.3 is 0 Å². The molecule has 1 aliphatic heterocycles. The van der Waals surface area contributed by atoms with Crippen LogP contribution in [0.1, 0.15) is 43.4 Å². The van der Waals surface area contributed by atoms with Crippen LogP contribution in [0.4, 0.5) is 0 Å². The van der Waals surface area contributed by atoms with Crippen LogP contribution in [0.3, 0.4) is 0 Å². The second kappa shape index (κ2) is 5.50. The monoisotopic (exact) mass is 234 g/mol. The van der Waals surface area contributed by atoms with Crippen LogP contribution >= 0.6 is 0 Å². The van der Waals surface area contributed by atoms with E-state index in [1.807, 2.05) is 6.20 Å². The summed E-state index contributed by atoms with van der Waals surface area (Å²) in [5.41, 5.74) is 2.47. The summed E-state index contributed by atoms with van der Waals surface area (Å²) in [5, 5.41) is 0. The first kappa shape index (κ1) is 12.4. The number of ether oxygens (including phenoxy) is 1. The van der Waals surface area contributed by atoms with E-state index in [4.69, 9.17) is 4.74 Å². The lowest BCUT2D eigenvalue weighted by atomic mass is 9.96. The number of rotatable bonds is 3. The standard InChI is InChI=1S/C14H22N2O/c1-4-16-8-6-5-7-13(16)12-9-11(2)14(17-3)15-10-12/h9-10,13H,4-8H2,1-3H3. The third-order valence-corrected chi connectivity index (χ3v) is 3.65. The van der Waals surface area contributed by atoms with Crippen LogP contribution in [-0.4, -0.2) is 30.1 Å². The lowest BCUT2D eigenvalue weighted by molar-refractivity contribution is 0.156. The van der Waals surface area contributed by atoms with Crippen LogP contribution < -0.4 is 4.74 Å². The molecule has 3 heteroatoms. The maximum atomic E-state index is 5.22. The summed E-state index contributed by atoms with van der Waals surface area (Å²) < 4.78 is 5.22. The Hall–Kier alpha value is -1.09. The molecule has 2 rings (SSSR count). The molecule has 1 fully saturated rings. The molecule has 2 heterocycles. The number of likely N-dealkylation sites (tertiary alicyclic amines) is 1. The molecule has 0 aromatic carbocycles. The van der Waals surface area contributed by atoms with Gasteiger partial charge in [-0.1, -0.05) is 13.3 Å². The van der Waals surface area contributed by atoms with Gasteiger partial charge in [-0.05, 0) is 44.5 Å². The zero-order valence-corrected chi connectivity index (χ0v) is 11.1. The van der Waals surface area contributed by atoms with Crippen LogP contribution in [0.2, 0.25) is 0 Å². The van der Waals surface area contributed by atoms with E-state index in [1.54, 1.807) is 7.11 Å². The molecule has 3 nitrogen and oxygen atoms in total. The predicted molar refractivity (Wildman–Crippen MR) is 69.4 cm³/mol. The number of hydrogen-bond donors (Lipinski definition) is 0. The Morgan fingerprint density at radius 2 is 2.29 bits per heavy atom. The van der Waals surface area contributed by atoms with Gasteiger partial charge in [-0.2, -0.15) is 0 Å². The molecule has 1 unspecified atom stereocenters. The maximum absolute atomic E-state index is 5.22. The van der Waals surface area contributed by atoms with E-state index in [2.05, 4.69) is 29.8 Å². The molecule has 1 saturated heterocycles. The fourth-order valence-electron chi connectivity index (χ4n) is 2.73. The predicted octanol–water partition coefficient (Wildman–Crippen LogP) is 2.95. The molecular formula is C14H22N2O. The van der Waals surface area contributed by atoms with Gasteiger partial charge in [0, 0.05) is 17.8 Å². The molecule has 0 amide bonds. The van der Waals surface area contributed by atoms with Crippen LogP contribution in [0.15, 0.2) is 12.3 Å². The van der Waals surface area contributed by atoms with Gasteiger partial charge in [0.15, 0.2) is 0 Å². The molecular weight excluding hydrogens is 212 g/mol. The first-order valence-electron chi connectivity index (χ1n) is 6.50. The van der Waals surface area contributed by atoms with E-state index in [0.29, 0.717) is 6.04 Å². The minimum absolute atomic E-state index is 0.547. The molecule has 1 aromatic heterocycles. The highest BCUT2D eigenvalue weighted by atomic mass is 16.5. The number of nitrogens with zero attached hydrogens (tertiary/aromatic N) is 2. The fourth-order valence-corrected chi connectivity index (χ4v) is 2.73. The lowest BCUT2D eigenvalue weighted by Crippen LogP contribution is -2.33. The second-order valence-corrected chi connectivity index (χ2v) is 4.73. The van der Waals surface area contributed by atoms with E-state index in [9.17, 15) is 0 Å². The molecule has 1 aliphatic rings. The third kappa shape index (κ3) is 2.60. The molecule has 1 atom stereocenters. The van der Waals surface area contributed by atoms with Crippen LogP contribution in [0.25, 0.3) is 0 Å². The fraction of sp³-hybridized carbons (Fsp3) is 0.643. The highest BCUT2D eigenvalue weighted by Gasteiger charge is 2.23. The van der Waals surface area contributed by atoms with Gasteiger partial charge in [0.25, 0.3) is 0 Å². The SMILES string of the molecule is CCN1CCCCC1c1cnc(OC)c(C)c1. The molecule has 0 saturated carbocycles. The first-order chi connectivity index (χ1) is 8.26. The van der Waals surface area contributed by atoms with Crippen molar-refractivity contribution in [1.82, 2.24) is 9.88 Å². The molecule has 0 radical (unpaired) electrons. The quantitative estimate of drug-likeness (QED) is 0.804. The minimum atomic E-state index is 0.547. The maximum Gasteiger partial charge on any atom is 0.215 e. The highest BCUT2D eigenvalue weighted by Crippen LogP contribution is 2.31. The zero-order chi connectivity index (χ0) is 12.3. The van der Waals surface area contributed by atoms with E-state index < -0.39 is 0 Å². The van der Waals surface area contributed by atoms with Crippen molar-refractivity contribution >= 4 is 0 Å². The number of hydrogen-bond acceptors (Lipinski definition) is 3. The van der Waals surface area contributed by atoms with E-state index in [1.165, 1.54) is 31.4 Å². The van der Waals surface area contributed by atoms with Gasteiger partial charge in [-0.15, -0.1) is 0 Å². The molecule has 94 valence electrons. The lowest BCUT2D eigenvalue weighted by Gasteiger charge is -2.35. The number of methoxy groups -OCH3 is 1. The Labute approximate surface area is 104 Å². The molecule has 17 heavy (non-hydrogen) atoms. The number of aryl methyl sites for hydroxylation is 1. The Morgan fingerprint density at radius 1 is 1.47 bits per heavy atom. The largest absolute Gasteiger partial charge is 0.481 e. The Bertz CT molecular complexity index is 378. The average Bonchev–Trinajstić information content (AvgIpc) is 2.38. The van der Waals surface area contributed by atoms with Crippen molar-refractivity contribution in [2.45, 2.75) is 39.2 Å². The number of piperidine rings is 1. The van der Waals surface area contributed by atoms with Crippen LogP contribution in [0.5, 0.6) is 5.88 Å². The normalized spacial score (nSPS) is 21.5. The Balaban J connectivity index is 2.23. The molecule has 0 aliphatic carbocycles. The highest BCUT2D eigenvalue weighted by molar-refractivity contribution is 5.30. The smallest absolute Gasteiger partial charge is 0.215 e. The Kier molecular flexibility index (Phi) is 4.00. The van der Waals surface area contributed by atoms with E-state index in [-0.39, 0.29) is 0 Å². The topological polar surface area (TPSA) is 25.4 Å². The third-order valence-electron chi connectivity index (χ3n) is 3.65. The van der Waals surface area contributed by atoms with Crippen molar-refractivity contribution in [2.75, 3.05) is 20.2 Å². The minimum Gasteiger partial charge on any atom is -0.481 e. The second-order valence-electron chi connectivity index (χ2n) is 4.73. The van der Waals surface area contributed by atoms with Gasteiger partial charge < -0.3 is 4.74 Å². The summed E-state index contributed by atoms with van der Waals surface area (Å²) in [7, 11) is 1.67. The van der Waals surface area contributed by atoms with Gasteiger partial charge in [-0.3, -0.25) is 4.90 Å². The molecule has 0 spiro atoms. The molecule has 0 N–H and O–H groups in total. The van der Waals surface area contributed by atoms with E-state index >= 15 is 0 Å². The number of aromatic nitrogens is 1. The van der Waals surface area contributed by atoms with Crippen LogP contribution in [0, 0.1) is 6.92 Å². The summed E-state index contributed by atoms with van der Waals surface area (Å²) in [5.74, 6) is 0.743. The zero-order valence-electron chi connectivity index (χ0n) is 11.1. The Morgan fingerprint density at radius 3 is 2.94 bits per heavy atom. The van der Waals surface area contributed by atoms with Gasteiger partial charge in [0.05, 0.1) is 7.11 Å². The number of pyridine rings is 1. The molecule has 1 aromatic rings. The summed E-state index contributed by atoms with van der Waals surface area (Å²) in [6, 6.07) is 2.77. The summed E-state index contributed by atoms with van der Waals surface area (Å²) >= 11 is 0. The van der Waals surface area contributed by atoms with Crippen LogP contribution in [-0.2, 0) is 0 Å². The van der Waals surface area contributed by atoms with Gasteiger partial charge in [0.2, 0.25) is 5.88 Å². The van der Waals surface area contributed by atoms with Gasteiger partial charge in [-0.25, -0.2) is 4.98 Å². The summed E-state index contributed by atoms with van der Waals surface area (Å²) in [4.78, 5) is 6.94. The summed E-state index contributed by atoms with van der Waals surface area (Å²) in [6.07, 6.45) is 5.88. The summed E-state index contributed by atoms with van der Waals surface area (Å²) in [6.45, 7) is 6.64. The average molecular weight is 234 g/mol. The van der Waals surface area contributed by atoms with Crippen molar-refractivity contribution in [3.8, 4) is 5.88 Å².